The van der Waals surface area contributed by atoms with Crippen molar-refractivity contribution in [2.24, 2.45) is 0 Å². The number of benzene rings is 2. The van der Waals surface area contributed by atoms with Gasteiger partial charge in [-0.05, 0) is 62.1 Å². The topological polar surface area (TPSA) is 76.1 Å². The lowest BCUT2D eigenvalue weighted by Gasteiger charge is -2.24. The number of amides is 1. The highest BCUT2D eigenvalue weighted by Gasteiger charge is 2.20. The van der Waals surface area contributed by atoms with Crippen molar-refractivity contribution in [1.29, 1.82) is 0 Å². The van der Waals surface area contributed by atoms with Gasteiger partial charge in [0.05, 0.1) is 6.61 Å². The first-order chi connectivity index (χ1) is 15.1. The van der Waals surface area contributed by atoms with Crippen LogP contribution in [0.1, 0.15) is 51.7 Å². The fraction of sp³-hybridized carbons (Fsp3) is 0.385. The number of carboxylic acid groups (broad SMARTS) is 1. The molecule has 0 aromatic heterocycles. The van der Waals surface area contributed by atoms with Crippen LogP contribution in [0.25, 0.3) is 17.2 Å². The lowest BCUT2D eigenvalue weighted by Crippen LogP contribution is -2.33. The maximum absolute atomic E-state index is 12.3. The number of unbranched alkanes of at least 4 members (excludes halogenated alkanes) is 1. The molecule has 0 atom stereocenters. The number of ether oxygens (including phenoxy) is 2. The summed E-state index contributed by atoms with van der Waals surface area (Å²) in [5, 5.41) is 8.90. The van der Waals surface area contributed by atoms with Crippen molar-refractivity contribution in [3.05, 3.63) is 59.7 Å². The highest BCUT2D eigenvalue weighted by Crippen LogP contribution is 2.32. The van der Waals surface area contributed by atoms with Crippen molar-refractivity contribution in [2.75, 3.05) is 13.7 Å². The molecule has 172 valence electrons. The van der Waals surface area contributed by atoms with Gasteiger partial charge in [-0.2, -0.15) is 0 Å². The molecule has 2 aromatic rings. The summed E-state index contributed by atoms with van der Waals surface area (Å²) in [5.74, 6) is -0.298. The molecule has 0 bridgehead atoms. The first-order valence-corrected chi connectivity index (χ1v) is 10.8. The fourth-order valence-corrected chi connectivity index (χ4v) is 3.01. The van der Waals surface area contributed by atoms with E-state index in [0.717, 1.165) is 41.2 Å². The van der Waals surface area contributed by atoms with E-state index < -0.39 is 11.6 Å². The van der Waals surface area contributed by atoms with Crippen LogP contribution in [0, 0.1) is 0 Å². The van der Waals surface area contributed by atoms with E-state index in [4.69, 9.17) is 14.6 Å². The lowest BCUT2D eigenvalue weighted by molar-refractivity contribution is -0.131. The standard InChI is InChI=1S/C26H33NO5/c1-6-7-15-31-23-17-19(12-14-24(28)29)11-13-22(23)21-10-8-9-20(16-21)18-27(5)25(30)32-26(2,3)4/h8-14,16-17H,6-7,15,18H2,1-5H3,(H,28,29)/b14-12+. The van der Waals surface area contributed by atoms with Gasteiger partial charge in [-0.25, -0.2) is 9.59 Å². The van der Waals surface area contributed by atoms with Crippen LogP contribution in [-0.4, -0.2) is 41.3 Å². The smallest absolute Gasteiger partial charge is 0.410 e. The highest BCUT2D eigenvalue weighted by atomic mass is 16.6. The number of carboxylic acids is 1. The average molecular weight is 440 g/mol. The molecule has 2 aromatic carbocycles. The molecule has 1 N–H and O–H groups in total. The molecule has 1 amide bonds. The van der Waals surface area contributed by atoms with Crippen LogP contribution in [0.2, 0.25) is 0 Å². The Labute approximate surface area is 190 Å². The Morgan fingerprint density at radius 2 is 1.88 bits per heavy atom. The summed E-state index contributed by atoms with van der Waals surface area (Å²) in [6, 6.07) is 13.6. The predicted octanol–water partition coefficient (Wildman–Crippen LogP) is 6.00. The third-order valence-electron chi connectivity index (χ3n) is 4.54. The van der Waals surface area contributed by atoms with Gasteiger partial charge >= 0.3 is 12.1 Å². The van der Waals surface area contributed by atoms with Crippen molar-refractivity contribution >= 4 is 18.1 Å². The van der Waals surface area contributed by atoms with Gasteiger partial charge in [0.25, 0.3) is 0 Å². The Morgan fingerprint density at radius 1 is 1.12 bits per heavy atom. The zero-order valence-corrected chi connectivity index (χ0v) is 19.6. The second-order valence-electron chi connectivity index (χ2n) is 8.67. The van der Waals surface area contributed by atoms with Gasteiger partial charge in [0.1, 0.15) is 11.4 Å². The van der Waals surface area contributed by atoms with Crippen molar-refractivity contribution in [1.82, 2.24) is 4.90 Å². The Kier molecular flexibility index (Phi) is 8.88. The van der Waals surface area contributed by atoms with Crippen LogP contribution in [0.15, 0.2) is 48.5 Å². The third-order valence-corrected chi connectivity index (χ3v) is 4.54. The molecule has 32 heavy (non-hydrogen) atoms. The van der Waals surface area contributed by atoms with E-state index in [9.17, 15) is 9.59 Å². The van der Waals surface area contributed by atoms with Gasteiger partial charge in [-0.3, -0.25) is 0 Å². The molecule has 0 aliphatic rings. The molecule has 0 saturated carbocycles. The maximum atomic E-state index is 12.3. The summed E-state index contributed by atoms with van der Waals surface area (Å²) in [6.07, 6.45) is 4.22. The van der Waals surface area contributed by atoms with Crippen molar-refractivity contribution < 1.29 is 24.2 Å². The minimum Gasteiger partial charge on any atom is -0.493 e. The quantitative estimate of drug-likeness (QED) is 0.383. The molecule has 0 heterocycles. The zero-order chi connectivity index (χ0) is 23.7. The Balaban J connectivity index is 2.29. The van der Waals surface area contributed by atoms with Crippen LogP contribution in [0.3, 0.4) is 0 Å². The molecular weight excluding hydrogens is 406 g/mol. The highest BCUT2D eigenvalue weighted by molar-refractivity contribution is 5.85. The van der Waals surface area contributed by atoms with Gasteiger partial charge in [0.2, 0.25) is 0 Å². The Morgan fingerprint density at radius 3 is 2.53 bits per heavy atom. The number of hydrogen-bond acceptors (Lipinski definition) is 4. The zero-order valence-electron chi connectivity index (χ0n) is 19.6. The molecule has 6 nitrogen and oxygen atoms in total. The number of carbonyl (C=O) groups is 2. The molecule has 6 heteroatoms. The third kappa shape index (κ3) is 8.10. The summed E-state index contributed by atoms with van der Waals surface area (Å²) in [6.45, 7) is 8.62. The van der Waals surface area contributed by atoms with Gasteiger partial charge in [-0.1, -0.05) is 43.7 Å². The van der Waals surface area contributed by atoms with Crippen LogP contribution in [-0.2, 0) is 16.1 Å². The average Bonchev–Trinajstić information content (AvgIpc) is 2.71. The lowest BCUT2D eigenvalue weighted by atomic mass is 10.00. The van der Waals surface area contributed by atoms with E-state index >= 15 is 0 Å². The largest absolute Gasteiger partial charge is 0.493 e. The minimum atomic E-state index is -0.996. The van der Waals surface area contributed by atoms with E-state index in [0.29, 0.717) is 18.9 Å². The van der Waals surface area contributed by atoms with Crippen molar-refractivity contribution in [2.45, 2.75) is 52.7 Å². The van der Waals surface area contributed by atoms with Crippen LogP contribution >= 0.6 is 0 Å². The second kappa shape index (κ2) is 11.4. The van der Waals surface area contributed by atoms with Crippen LogP contribution in [0.4, 0.5) is 4.79 Å². The summed E-state index contributed by atoms with van der Waals surface area (Å²) < 4.78 is 11.5. The molecule has 0 radical (unpaired) electrons. The van der Waals surface area contributed by atoms with E-state index in [1.807, 2.05) is 63.2 Å². The van der Waals surface area contributed by atoms with Gasteiger partial charge < -0.3 is 19.5 Å². The summed E-state index contributed by atoms with van der Waals surface area (Å²) >= 11 is 0. The van der Waals surface area contributed by atoms with E-state index in [-0.39, 0.29) is 6.09 Å². The number of nitrogens with zero attached hydrogens (tertiary/aromatic N) is 1. The van der Waals surface area contributed by atoms with Gasteiger partial charge in [-0.15, -0.1) is 0 Å². The molecule has 0 fully saturated rings. The van der Waals surface area contributed by atoms with Crippen LogP contribution < -0.4 is 4.74 Å². The number of rotatable bonds is 9. The molecular formula is C26H33NO5. The monoisotopic (exact) mass is 439 g/mol. The fourth-order valence-electron chi connectivity index (χ4n) is 3.01. The molecule has 0 aliphatic carbocycles. The Hall–Kier alpha value is -3.28. The summed E-state index contributed by atoms with van der Waals surface area (Å²) in [7, 11) is 1.71. The molecule has 0 spiro atoms. The summed E-state index contributed by atoms with van der Waals surface area (Å²) in [5.41, 5.74) is 3.04. The maximum Gasteiger partial charge on any atom is 0.410 e. The second-order valence-corrected chi connectivity index (χ2v) is 8.67. The normalized spacial score (nSPS) is 11.4. The number of aliphatic carboxylic acids is 1. The first-order valence-electron chi connectivity index (χ1n) is 10.8. The minimum absolute atomic E-state index is 0.374. The van der Waals surface area contributed by atoms with E-state index in [1.165, 1.54) is 0 Å². The van der Waals surface area contributed by atoms with Crippen LogP contribution in [0.5, 0.6) is 5.75 Å². The van der Waals surface area contributed by atoms with Gasteiger partial charge in [0, 0.05) is 25.2 Å². The Bertz CT molecular complexity index is 959. The van der Waals surface area contributed by atoms with E-state index in [2.05, 4.69) is 6.92 Å². The van der Waals surface area contributed by atoms with Crippen molar-refractivity contribution in [3.63, 3.8) is 0 Å². The molecule has 0 saturated heterocycles. The predicted molar refractivity (Wildman–Crippen MR) is 127 cm³/mol. The first kappa shape index (κ1) is 25.0. The molecule has 2 rings (SSSR count). The van der Waals surface area contributed by atoms with E-state index in [1.54, 1.807) is 18.0 Å². The SMILES string of the molecule is CCCCOc1cc(/C=C/C(=O)O)ccc1-c1cccc(CN(C)C(=O)OC(C)(C)C)c1. The number of carbonyl (C=O) groups excluding carboxylic acids is 1. The molecule has 0 unspecified atom stereocenters. The number of hydrogen-bond donors (Lipinski definition) is 1. The summed E-state index contributed by atoms with van der Waals surface area (Å²) in [4.78, 5) is 24.7. The van der Waals surface area contributed by atoms with Crippen molar-refractivity contribution in [3.8, 4) is 16.9 Å². The molecule has 0 aliphatic heterocycles. The van der Waals surface area contributed by atoms with Gasteiger partial charge in [0.15, 0.2) is 0 Å².